The van der Waals surface area contributed by atoms with Crippen molar-refractivity contribution in [1.29, 1.82) is 0 Å². The average molecular weight is 271 g/mol. The van der Waals surface area contributed by atoms with Gasteiger partial charge in [-0.25, -0.2) is 0 Å². The lowest BCUT2D eigenvalue weighted by Crippen LogP contribution is -2.07. The minimum atomic E-state index is 0.191. The van der Waals surface area contributed by atoms with Gasteiger partial charge in [-0.3, -0.25) is 0 Å². The van der Waals surface area contributed by atoms with Crippen molar-refractivity contribution in [3.8, 4) is 11.5 Å². The zero-order valence-electron chi connectivity index (χ0n) is 12.4. The second kappa shape index (κ2) is 6.33. The summed E-state index contributed by atoms with van der Waals surface area (Å²) in [6.45, 7) is 4.20. The summed E-state index contributed by atoms with van der Waals surface area (Å²) in [6.07, 6.45) is 0. The van der Waals surface area contributed by atoms with Crippen LogP contribution in [0.15, 0.2) is 42.5 Å². The lowest BCUT2D eigenvalue weighted by molar-refractivity contribution is 0.414. The van der Waals surface area contributed by atoms with Crippen LogP contribution in [0.2, 0.25) is 0 Å². The number of anilines is 1. The fourth-order valence-corrected chi connectivity index (χ4v) is 2.14. The predicted molar refractivity (Wildman–Crippen MR) is 82.8 cm³/mol. The maximum absolute atomic E-state index is 5.39. The largest absolute Gasteiger partial charge is 0.497 e. The summed E-state index contributed by atoms with van der Waals surface area (Å²) in [5.41, 5.74) is 3.42. The highest BCUT2D eigenvalue weighted by molar-refractivity contribution is 5.59. The van der Waals surface area contributed by atoms with Gasteiger partial charge in [0, 0.05) is 6.04 Å². The van der Waals surface area contributed by atoms with E-state index >= 15 is 0 Å². The van der Waals surface area contributed by atoms with Crippen LogP contribution >= 0.6 is 0 Å². The second-order valence-electron chi connectivity index (χ2n) is 4.84. The van der Waals surface area contributed by atoms with E-state index in [0.717, 1.165) is 17.2 Å². The predicted octanol–water partition coefficient (Wildman–Crippen LogP) is 4.19. The molecule has 0 radical (unpaired) electrons. The molecule has 3 nitrogen and oxygen atoms in total. The minimum absolute atomic E-state index is 0.191. The van der Waals surface area contributed by atoms with E-state index in [9.17, 15) is 0 Å². The van der Waals surface area contributed by atoms with Crippen molar-refractivity contribution in [3.63, 3.8) is 0 Å². The Labute approximate surface area is 120 Å². The van der Waals surface area contributed by atoms with Crippen LogP contribution in [-0.2, 0) is 0 Å². The Hall–Kier alpha value is -2.16. The van der Waals surface area contributed by atoms with Crippen molar-refractivity contribution in [2.75, 3.05) is 19.5 Å². The van der Waals surface area contributed by atoms with Crippen LogP contribution in [0.5, 0.6) is 11.5 Å². The molecule has 1 unspecified atom stereocenters. The fourth-order valence-electron chi connectivity index (χ4n) is 2.14. The molecule has 2 aromatic rings. The number of methoxy groups -OCH3 is 2. The van der Waals surface area contributed by atoms with Gasteiger partial charge in [0.1, 0.15) is 11.5 Å². The third-order valence-corrected chi connectivity index (χ3v) is 3.34. The Morgan fingerprint density at radius 3 is 2.25 bits per heavy atom. The molecule has 0 aliphatic heterocycles. The molecule has 0 heterocycles. The van der Waals surface area contributed by atoms with Gasteiger partial charge < -0.3 is 14.8 Å². The molecule has 0 aliphatic rings. The molecule has 0 aliphatic carbocycles. The minimum Gasteiger partial charge on any atom is -0.497 e. The van der Waals surface area contributed by atoms with Gasteiger partial charge in [-0.2, -0.15) is 0 Å². The molecule has 3 heteroatoms. The summed E-state index contributed by atoms with van der Waals surface area (Å²) in [6, 6.07) is 14.4. The van der Waals surface area contributed by atoms with Crippen LogP contribution in [0.25, 0.3) is 0 Å². The van der Waals surface area contributed by atoms with Crippen LogP contribution < -0.4 is 14.8 Å². The van der Waals surface area contributed by atoms with E-state index in [1.807, 2.05) is 24.3 Å². The van der Waals surface area contributed by atoms with E-state index in [0.29, 0.717) is 0 Å². The molecule has 0 spiro atoms. The molecule has 1 N–H and O–H groups in total. The highest BCUT2D eigenvalue weighted by atomic mass is 16.5. The smallest absolute Gasteiger partial charge is 0.141 e. The van der Waals surface area contributed by atoms with Crippen LogP contribution in [0.3, 0.4) is 0 Å². The Kier molecular flexibility index (Phi) is 4.51. The molecule has 0 bridgehead atoms. The van der Waals surface area contributed by atoms with Gasteiger partial charge in [0.15, 0.2) is 0 Å². The van der Waals surface area contributed by atoms with Gasteiger partial charge in [0.05, 0.1) is 19.9 Å². The average Bonchev–Trinajstić information content (AvgIpc) is 2.47. The van der Waals surface area contributed by atoms with Crippen LogP contribution in [0.1, 0.15) is 24.1 Å². The number of aryl methyl sites for hydroxylation is 1. The normalized spacial score (nSPS) is 11.8. The topological polar surface area (TPSA) is 30.5 Å². The first-order chi connectivity index (χ1) is 9.63. The first kappa shape index (κ1) is 14.3. The summed E-state index contributed by atoms with van der Waals surface area (Å²) < 4.78 is 10.6. The molecule has 0 saturated carbocycles. The fraction of sp³-hybridized carbons (Fsp3) is 0.294. The van der Waals surface area contributed by atoms with Gasteiger partial charge in [0.25, 0.3) is 0 Å². The SMILES string of the molecule is COc1ccc(C(C)Nc2cc(C)ccc2OC)cc1. The maximum Gasteiger partial charge on any atom is 0.141 e. The monoisotopic (exact) mass is 271 g/mol. The zero-order chi connectivity index (χ0) is 14.5. The van der Waals surface area contributed by atoms with Gasteiger partial charge in [0.2, 0.25) is 0 Å². The molecule has 20 heavy (non-hydrogen) atoms. The van der Waals surface area contributed by atoms with Crippen LogP contribution in [-0.4, -0.2) is 14.2 Å². The number of ether oxygens (including phenoxy) is 2. The molecule has 0 fully saturated rings. The van der Waals surface area contributed by atoms with Crippen molar-refractivity contribution in [3.05, 3.63) is 53.6 Å². The lowest BCUT2D eigenvalue weighted by atomic mass is 10.1. The van der Waals surface area contributed by atoms with Gasteiger partial charge >= 0.3 is 0 Å². The number of nitrogens with one attached hydrogen (secondary N) is 1. The summed E-state index contributed by atoms with van der Waals surface area (Å²) >= 11 is 0. The number of benzene rings is 2. The second-order valence-corrected chi connectivity index (χ2v) is 4.84. The number of rotatable bonds is 5. The Morgan fingerprint density at radius 1 is 0.950 bits per heavy atom. The summed E-state index contributed by atoms with van der Waals surface area (Å²) in [5, 5.41) is 3.49. The van der Waals surface area contributed by atoms with E-state index in [4.69, 9.17) is 9.47 Å². The van der Waals surface area contributed by atoms with Gasteiger partial charge in [-0.1, -0.05) is 18.2 Å². The first-order valence-corrected chi connectivity index (χ1v) is 6.69. The van der Waals surface area contributed by atoms with Crippen LogP contribution in [0.4, 0.5) is 5.69 Å². The molecular weight excluding hydrogens is 250 g/mol. The molecule has 106 valence electrons. The third kappa shape index (κ3) is 3.23. The molecule has 1 atom stereocenters. The standard InChI is InChI=1S/C17H21NO2/c1-12-5-10-17(20-4)16(11-12)18-13(2)14-6-8-15(19-3)9-7-14/h5-11,13,18H,1-4H3. The zero-order valence-corrected chi connectivity index (χ0v) is 12.4. The molecule has 0 saturated heterocycles. The lowest BCUT2D eigenvalue weighted by Gasteiger charge is -2.18. The molecule has 2 rings (SSSR count). The Balaban J connectivity index is 2.17. The first-order valence-electron chi connectivity index (χ1n) is 6.69. The molecule has 0 amide bonds. The van der Waals surface area contributed by atoms with Crippen molar-refractivity contribution in [2.24, 2.45) is 0 Å². The quantitative estimate of drug-likeness (QED) is 0.884. The molecule has 2 aromatic carbocycles. The summed E-state index contributed by atoms with van der Waals surface area (Å²) in [7, 11) is 3.36. The van der Waals surface area contributed by atoms with E-state index in [-0.39, 0.29) is 6.04 Å². The highest BCUT2D eigenvalue weighted by Crippen LogP contribution is 2.29. The highest BCUT2D eigenvalue weighted by Gasteiger charge is 2.09. The van der Waals surface area contributed by atoms with E-state index < -0.39 is 0 Å². The number of hydrogen-bond acceptors (Lipinski definition) is 3. The summed E-state index contributed by atoms with van der Waals surface area (Å²) in [5.74, 6) is 1.73. The molecular formula is C17H21NO2. The Morgan fingerprint density at radius 2 is 1.65 bits per heavy atom. The van der Waals surface area contributed by atoms with Crippen molar-refractivity contribution in [2.45, 2.75) is 19.9 Å². The van der Waals surface area contributed by atoms with E-state index in [1.165, 1.54) is 11.1 Å². The Bertz CT molecular complexity index is 564. The van der Waals surface area contributed by atoms with Crippen molar-refractivity contribution in [1.82, 2.24) is 0 Å². The van der Waals surface area contributed by atoms with Gasteiger partial charge in [-0.05, 0) is 49.2 Å². The van der Waals surface area contributed by atoms with Crippen molar-refractivity contribution >= 4 is 5.69 Å². The van der Waals surface area contributed by atoms with Crippen molar-refractivity contribution < 1.29 is 9.47 Å². The third-order valence-electron chi connectivity index (χ3n) is 3.34. The van der Waals surface area contributed by atoms with Crippen LogP contribution in [0, 0.1) is 6.92 Å². The maximum atomic E-state index is 5.39. The van der Waals surface area contributed by atoms with Gasteiger partial charge in [-0.15, -0.1) is 0 Å². The van der Waals surface area contributed by atoms with E-state index in [2.05, 4.69) is 37.4 Å². The molecule has 0 aromatic heterocycles. The van der Waals surface area contributed by atoms with E-state index in [1.54, 1.807) is 14.2 Å². The summed E-state index contributed by atoms with van der Waals surface area (Å²) in [4.78, 5) is 0. The number of hydrogen-bond donors (Lipinski definition) is 1.